The van der Waals surface area contributed by atoms with E-state index in [0.717, 1.165) is 41.7 Å². The monoisotopic (exact) mass is 368 g/mol. The molecule has 4 rings (SSSR count). The molecule has 2 aromatic carbocycles. The van der Waals surface area contributed by atoms with Crippen molar-refractivity contribution in [3.05, 3.63) is 83.1 Å². The van der Waals surface area contributed by atoms with Gasteiger partial charge >= 0.3 is 0 Å². The quantitative estimate of drug-likeness (QED) is 0.654. The van der Waals surface area contributed by atoms with Crippen LogP contribution in [0, 0.1) is 0 Å². The van der Waals surface area contributed by atoms with E-state index in [1.54, 1.807) is 7.11 Å². The first-order chi connectivity index (χ1) is 12.7. The van der Waals surface area contributed by atoms with Crippen molar-refractivity contribution in [3.8, 4) is 11.4 Å². The molecule has 1 aliphatic heterocycles. The van der Waals surface area contributed by atoms with Crippen LogP contribution in [0.1, 0.15) is 17.4 Å². The molecule has 1 unspecified atom stereocenters. The lowest BCUT2D eigenvalue weighted by Gasteiger charge is -2.22. The molecule has 26 heavy (non-hydrogen) atoms. The zero-order valence-electron chi connectivity index (χ0n) is 14.6. The van der Waals surface area contributed by atoms with Crippen LogP contribution in [0.15, 0.2) is 67.0 Å². The van der Waals surface area contributed by atoms with Crippen LogP contribution in [0.4, 0.5) is 0 Å². The minimum Gasteiger partial charge on any atom is -0.497 e. The molecule has 2 heterocycles. The van der Waals surface area contributed by atoms with Gasteiger partial charge in [-0.25, -0.2) is 0 Å². The summed E-state index contributed by atoms with van der Waals surface area (Å²) in [6.45, 7) is 2.48. The first kappa shape index (κ1) is 17.2. The molecule has 1 aliphatic rings. The van der Waals surface area contributed by atoms with Crippen LogP contribution in [0.3, 0.4) is 0 Å². The van der Waals surface area contributed by atoms with Gasteiger partial charge in [0.2, 0.25) is 0 Å². The Morgan fingerprint density at radius 2 is 1.92 bits per heavy atom. The molecule has 0 aliphatic carbocycles. The number of rotatable bonds is 5. The Labute approximate surface area is 158 Å². The van der Waals surface area contributed by atoms with Crippen molar-refractivity contribution in [2.24, 2.45) is 0 Å². The molecule has 0 radical (unpaired) electrons. The van der Waals surface area contributed by atoms with E-state index < -0.39 is 0 Å². The molecule has 0 N–H and O–H groups in total. The van der Waals surface area contributed by atoms with Gasteiger partial charge in [-0.2, -0.15) is 0 Å². The lowest BCUT2D eigenvalue weighted by atomic mass is 10.2. The molecule has 3 aromatic rings. The van der Waals surface area contributed by atoms with Gasteiger partial charge < -0.3 is 14.0 Å². The number of nitrogens with zero attached hydrogens (tertiary/aromatic N) is 2. The Balaban J connectivity index is 1.52. The highest BCUT2D eigenvalue weighted by atomic mass is 35.5. The van der Waals surface area contributed by atoms with Gasteiger partial charge in [0.25, 0.3) is 0 Å². The summed E-state index contributed by atoms with van der Waals surface area (Å²) in [6, 6.07) is 18.1. The fourth-order valence-corrected chi connectivity index (χ4v) is 3.54. The van der Waals surface area contributed by atoms with Gasteiger partial charge in [0, 0.05) is 31.0 Å². The number of aromatic nitrogens is 1. The molecule has 1 atom stereocenters. The van der Waals surface area contributed by atoms with Crippen LogP contribution in [0.2, 0.25) is 5.02 Å². The van der Waals surface area contributed by atoms with E-state index in [4.69, 9.17) is 21.1 Å². The Kier molecular flexibility index (Phi) is 4.98. The topological polar surface area (TPSA) is 26.6 Å². The van der Waals surface area contributed by atoms with Crippen LogP contribution in [0.25, 0.3) is 5.69 Å². The maximum absolute atomic E-state index is 6.32. The van der Waals surface area contributed by atoms with Gasteiger partial charge in [-0.15, -0.1) is 0 Å². The third-order valence-corrected chi connectivity index (χ3v) is 4.98. The van der Waals surface area contributed by atoms with Crippen LogP contribution >= 0.6 is 11.6 Å². The van der Waals surface area contributed by atoms with Crippen LogP contribution < -0.4 is 4.74 Å². The molecule has 134 valence electrons. The smallest absolute Gasteiger partial charge is 0.138 e. The van der Waals surface area contributed by atoms with Crippen molar-refractivity contribution >= 4 is 11.6 Å². The second kappa shape index (κ2) is 7.54. The van der Waals surface area contributed by atoms with Gasteiger partial charge in [0.15, 0.2) is 0 Å². The number of para-hydroxylation sites is 1. The minimum absolute atomic E-state index is 0.0409. The van der Waals surface area contributed by atoms with E-state index in [1.165, 1.54) is 5.56 Å². The van der Waals surface area contributed by atoms with Crippen molar-refractivity contribution in [1.29, 1.82) is 0 Å². The predicted molar refractivity (Wildman–Crippen MR) is 103 cm³/mol. The highest BCUT2D eigenvalue weighted by Gasteiger charge is 2.27. The highest BCUT2D eigenvalue weighted by molar-refractivity contribution is 6.32. The Hall–Kier alpha value is -2.27. The molecule has 0 bridgehead atoms. The molecular weight excluding hydrogens is 348 g/mol. The maximum Gasteiger partial charge on any atom is 0.138 e. The summed E-state index contributed by atoms with van der Waals surface area (Å²) in [6.07, 6.45) is 4.09. The number of hydrogen-bond donors (Lipinski definition) is 0. The van der Waals surface area contributed by atoms with E-state index in [2.05, 4.69) is 29.3 Å². The number of halogens is 1. The molecule has 0 saturated carbocycles. The normalized spacial score (nSPS) is 17.5. The summed E-state index contributed by atoms with van der Waals surface area (Å²) in [7, 11) is 1.68. The number of methoxy groups -OCH3 is 1. The van der Waals surface area contributed by atoms with Crippen LogP contribution in [-0.2, 0) is 11.3 Å². The number of hydrogen-bond acceptors (Lipinski definition) is 3. The zero-order chi connectivity index (χ0) is 17.9. The number of benzene rings is 2. The van der Waals surface area contributed by atoms with Crippen molar-refractivity contribution in [1.82, 2.24) is 9.47 Å². The summed E-state index contributed by atoms with van der Waals surface area (Å²) in [5.41, 5.74) is 3.35. The Bertz CT molecular complexity index is 876. The summed E-state index contributed by atoms with van der Waals surface area (Å²) in [5.74, 6) is 0.875. The lowest BCUT2D eigenvalue weighted by Crippen LogP contribution is -2.23. The summed E-state index contributed by atoms with van der Waals surface area (Å²) in [4.78, 5) is 2.34. The minimum atomic E-state index is -0.0409. The summed E-state index contributed by atoms with van der Waals surface area (Å²) < 4.78 is 13.3. The van der Waals surface area contributed by atoms with Crippen molar-refractivity contribution in [3.63, 3.8) is 0 Å². The van der Waals surface area contributed by atoms with E-state index in [1.807, 2.05) is 47.2 Å². The fraction of sp³-hybridized carbons (Fsp3) is 0.238. The summed E-state index contributed by atoms with van der Waals surface area (Å²) in [5, 5.41) is 0.733. The maximum atomic E-state index is 6.32. The number of ether oxygens (including phenoxy) is 2. The van der Waals surface area contributed by atoms with Crippen molar-refractivity contribution in [2.45, 2.75) is 12.8 Å². The Morgan fingerprint density at radius 3 is 2.69 bits per heavy atom. The molecule has 4 nitrogen and oxygen atoms in total. The molecular formula is C21H21ClN2O2. The molecule has 0 amide bonds. The average molecular weight is 369 g/mol. The average Bonchev–Trinajstić information content (AvgIpc) is 3.32. The second-order valence-electron chi connectivity index (χ2n) is 6.35. The van der Waals surface area contributed by atoms with Gasteiger partial charge in [-0.05, 0) is 35.9 Å². The van der Waals surface area contributed by atoms with Crippen molar-refractivity contribution < 1.29 is 9.47 Å². The third kappa shape index (κ3) is 3.49. The third-order valence-electron chi connectivity index (χ3n) is 4.66. The van der Waals surface area contributed by atoms with E-state index in [-0.39, 0.29) is 6.23 Å². The van der Waals surface area contributed by atoms with Gasteiger partial charge in [0.1, 0.15) is 12.0 Å². The lowest BCUT2D eigenvalue weighted by molar-refractivity contribution is 0.0288. The summed E-state index contributed by atoms with van der Waals surface area (Å²) >= 11 is 6.32. The standard InChI is InChI=1S/C21H21ClN2O2/c1-25-18-8-6-16(7-9-18)14-24-12-13-26-21(24)17-10-11-23(15-17)20-5-3-2-4-19(20)22/h2-11,15,21H,12-14H2,1H3. The largest absolute Gasteiger partial charge is 0.497 e. The van der Waals surface area contributed by atoms with Crippen molar-refractivity contribution in [2.75, 3.05) is 20.3 Å². The molecule has 1 fully saturated rings. The van der Waals surface area contributed by atoms with Gasteiger partial charge in [-0.1, -0.05) is 35.9 Å². The van der Waals surface area contributed by atoms with Crippen LogP contribution in [0.5, 0.6) is 5.75 Å². The molecule has 1 aromatic heterocycles. The van der Waals surface area contributed by atoms with Crippen LogP contribution in [-0.4, -0.2) is 29.7 Å². The molecule has 0 spiro atoms. The van der Waals surface area contributed by atoms with Gasteiger partial charge in [-0.3, -0.25) is 4.90 Å². The van der Waals surface area contributed by atoms with E-state index in [0.29, 0.717) is 0 Å². The zero-order valence-corrected chi connectivity index (χ0v) is 15.4. The molecule has 1 saturated heterocycles. The SMILES string of the molecule is COc1ccc(CN2CCOC2c2ccn(-c3ccccc3Cl)c2)cc1. The fourth-order valence-electron chi connectivity index (χ4n) is 3.31. The second-order valence-corrected chi connectivity index (χ2v) is 6.75. The van der Waals surface area contributed by atoms with E-state index in [9.17, 15) is 0 Å². The van der Waals surface area contributed by atoms with E-state index >= 15 is 0 Å². The molecule has 5 heteroatoms. The van der Waals surface area contributed by atoms with Gasteiger partial charge in [0.05, 0.1) is 24.4 Å². The first-order valence-corrected chi connectivity index (χ1v) is 9.04. The highest BCUT2D eigenvalue weighted by Crippen LogP contribution is 2.30. The Morgan fingerprint density at radius 1 is 1.12 bits per heavy atom. The predicted octanol–water partition coefficient (Wildman–Crippen LogP) is 4.67. The first-order valence-electron chi connectivity index (χ1n) is 8.66.